The summed E-state index contributed by atoms with van der Waals surface area (Å²) < 4.78 is 1.08. The average molecular weight is 319 g/mol. The van der Waals surface area contributed by atoms with Crippen molar-refractivity contribution in [1.29, 1.82) is 0 Å². The lowest BCUT2D eigenvalue weighted by atomic mass is 10.0. The molecule has 0 aliphatic carbocycles. The van der Waals surface area contributed by atoms with Crippen LogP contribution in [0.3, 0.4) is 0 Å². The van der Waals surface area contributed by atoms with Crippen molar-refractivity contribution in [2.24, 2.45) is 5.73 Å². The molecule has 1 atom stereocenters. The quantitative estimate of drug-likeness (QED) is 0.878. The Morgan fingerprint density at radius 1 is 1.31 bits per heavy atom. The van der Waals surface area contributed by atoms with Gasteiger partial charge in [-0.25, -0.2) is 0 Å². The van der Waals surface area contributed by atoms with Gasteiger partial charge in [0, 0.05) is 4.47 Å². The lowest BCUT2D eigenvalue weighted by Gasteiger charge is -2.13. The van der Waals surface area contributed by atoms with Crippen molar-refractivity contribution in [2.45, 2.75) is 13.0 Å². The normalized spacial score (nSPS) is 11.9. The van der Waals surface area contributed by atoms with Gasteiger partial charge in [0.15, 0.2) is 0 Å². The van der Waals surface area contributed by atoms with Gasteiger partial charge in [-0.1, -0.05) is 28.1 Å². The van der Waals surface area contributed by atoms with E-state index in [1.165, 1.54) is 11.1 Å². The summed E-state index contributed by atoms with van der Waals surface area (Å²) in [6.07, 6.45) is 0. The fraction of sp³-hybridized carbons (Fsp3) is 0.167. The summed E-state index contributed by atoms with van der Waals surface area (Å²) in [7, 11) is 0. The van der Waals surface area contributed by atoms with Crippen LogP contribution in [0.15, 0.2) is 39.5 Å². The van der Waals surface area contributed by atoms with Crippen LogP contribution < -0.4 is 5.73 Å². The van der Waals surface area contributed by atoms with Crippen LogP contribution in [0, 0.1) is 6.92 Å². The third-order valence-corrected chi connectivity index (χ3v) is 3.78. The van der Waals surface area contributed by atoms with Gasteiger partial charge in [0.2, 0.25) is 0 Å². The number of nitrogens with two attached hydrogens (primary N) is 1. The third-order valence-electron chi connectivity index (χ3n) is 2.39. The first-order valence-corrected chi connectivity index (χ1v) is 6.46. The van der Waals surface area contributed by atoms with Crippen molar-refractivity contribution in [2.75, 3.05) is 0 Å². The summed E-state index contributed by atoms with van der Waals surface area (Å²) in [5, 5.41) is 4.15. The van der Waals surface area contributed by atoms with Crippen LogP contribution in [0.1, 0.15) is 22.7 Å². The predicted octanol–water partition coefficient (Wildman–Crippen LogP) is 4.29. The molecule has 4 heteroatoms. The Hall–Kier alpha value is -0.350. The van der Waals surface area contributed by atoms with Crippen molar-refractivity contribution in [3.05, 3.63) is 56.2 Å². The highest BCUT2D eigenvalue weighted by Gasteiger charge is 2.12. The molecule has 1 aromatic carbocycles. The Morgan fingerprint density at radius 2 is 2.06 bits per heavy atom. The fourth-order valence-electron chi connectivity index (χ4n) is 1.52. The van der Waals surface area contributed by atoms with Crippen molar-refractivity contribution in [1.82, 2.24) is 0 Å². The lowest BCUT2D eigenvalue weighted by Crippen LogP contribution is -2.11. The molecule has 1 heterocycles. The van der Waals surface area contributed by atoms with Gasteiger partial charge in [-0.05, 0) is 46.5 Å². The second kappa shape index (κ2) is 5.82. The van der Waals surface area contributed by atoms with Gasteiger partial charge in [0.05, 0.1) is 6.04 Å². The third kappa shape index (κ3) is 2.86. The van der Waals surface area contributed by atoms with E-state index in [-0.39, 0.29) is 18.4 Å². The molecule has 2 aromatic rings. The van der Waals surface area contributed by atoms with Gasteiger partial charge in [-0.3, -0.25) is 0 Å². The fourth-order valence-corrected chi connectivity index (χ4v) is 2.95. The number of halogens is 2. The van der Waals surface area contributed by atoms with Crippen molar-refractivity contribution in [3.8, 4) is 0 Å². The second-order valence-electron chi connectivity index (χ2n) is 3.56. The highest BCUT2D eigenvalue weighted by molar-refractivity contribution is 9.10. The predicted molar refractivity (Wildman–Crippen MR) is 76.5 cm³/mol. The molecule has 86 valence electrons. The zero-order chi connectivity index (χ0) is 10.8. The standard InChI is InChI=1S/C12H12BrNS.ClH/c1-8-2-3-10(11(13)6-8)12(14)9-4-5-15-7-9;/h2-7,12H,14H2,1H3;1H/t12-;/m1./s1. The molecule has 0 saturated carbocycles. The maximum atomic E-state index is 6.19. The summed E-state index contributed by atoms with van der Waals surface area (Å²) >= 11 is 5.23. The number of rotatable bonds is 2. The first-order chi connectivity index (χ1) is 7.18. The van der Waals surface area contributed by atoms with E-state index in [1.807, 2.05) is 0 Å². The molecule has 0 amide bonds. The number of hydrogen-bond donors (Lipinski definition) is 1. The molecule has 0 unspecified atom stereocenters. The Balaban J connectivity index is 0.00000128. The zero-order valence-corrected chi connectivity index (χ0v) is 12.0. The molecule has 2 N–H and O–H groups in total. The van der Waals surface area contributed by atoms with Crippen LogP contribution in [-0.2, 0) is 0 Å². The zero-order valence-electron chi connectivity index (χ0n) is 8.81. The number of thiophene rings is 1. The van der Waals surface area contributed by atoms with E-state index in [0.29, 0.717) is 0 Å². The average Bonchev–Trinajstić information content (AvgIpc) is 2.69. The molecule has 0 aliphatic heterocycles. The molecule has 0 spiro atoms. The Labute approximate surface area is 114 Å². The second-order valence-corrected chi connectivity index (χ2v) is 5.19. The van der Waals surface area contributed by atoms with E-state index < -0.39 is 0 Å². The first-order valence-electron chi connectivity index (χ1n) is 4.72. The van der Waals surface area contributed by atoms with Gasteiger partial charge < -0.3 is 5.73 Å². The highest BCUT2D eigenvalue weighted by Crippen LogP contribution is 2.28. The van der Waals surface area contributed by atoms with Crippen molar-refractivity contribution in [3.63, 3.8) is 0 Å². The summed E-state index contributed by atoms with van der Waals surface area (Å²) in [5.74, 6) is 0. The van der Waals surface area contributed by atoms with E-state index in [4.69, 9.17) is 5.73 Å². The highest BCUT2D eigenvalue weighted by atomic mass is 79.9. The lowest BCUT2D eigenvalue weighted by molar-refractivity contribution is 0.870. The van der Waals surface area contributed by atoms with Gasteiger partial charge >= 0.3 is 0 Å². The number of benzene rings is 1. The Bertz CT molecular complexity index is 456. The van der Waals surface area contributed by atoms with Crippen LogP contribution in [0.25, 0.3) is 0 Å². The van der Waals surface area contributed by atoms with Crippen molar-refractivity contribution >= 4 is 39.7 Å². The summed E-state index contributed by atoms with van der Waals surface area (Å²) in [4.78, 5) is 0. The molecule has 1 nitrogen and oxygen atoms in total. The summed E-state index contributed by atoms with van der Waals surface area (Å²) in [6, 6.07) is 8.31. The first kappa shape index (κ1) is 13.7. The largest absolute Gasteiger partial charge is 0.320 e. The number of hydrogen-bond acceptors (Lipinski definition) is 2. The van der Waals surface area contributed by atoms with Crippen LogP contribution in [0.5, 0.6) is 0 Å². The van der Waals surface area contributed by atoms with E-state index in [2.05, 4.69) is 57.9 Å². The van der Waals surface area contributed by atoms with Gasteiger partial charge in [0.1, 0.15) is 0 Å². The van der Waals surface area contributed by atoms with Crippen molar-refractivity contribution < 1.29 is 0 Å². The molecule has 2 rings (SSSR count). The molecule has 1 aromatic heterocycles. The minimum Gasteiger partial charge on any atom is -0.320 e. The molecular weight excluding hydrogens is 306 g/mol. The SMILES string of the molecule is Cc1ccc([C@H](N)c2ccsc2)c(Br)c1.Cl. The van der Waals surface area contributed by atoms with Gasteiger partial charge in [0.25, 0.3) is 0 Å². The smallest absolute Gasteiger partial charge is 0.0571 e. The molecule has 0 aliphatic rings. The maximum absolute atomic E-state index is 6.19. The molecule has 0 fully saturated rings. The number of aryl methyl sites for hydroxylation is 1. The van der Waals surface area contributed by atoms with E-state index in [1.54, 1.807) is 11.3 Å². The van der Waals surface area contributed by atoms with Gasteiger partial charge in [-0.2, -0.15) is 11.3 Å². The summed E-state index contributed by atoms with van der Waals surface area (Å²) in [6.45, 7) is 2.07. The van der Waals surface area contributed by atoms with E-state index in [0.717, 1.165) is 10.0 Å². The minimum atomic E-state index is -0.0359. The molecule has 0 saturated heterocycles. The summed E-state index contributed by atoms with van der Waals surface area (Å²) in [5.41, 5.74) is 9.74. The van der Waals surface area contributed by atoms with E-state index in [9.17, 15) is 0 Å². The topological polar surface area (TPSA) is 26.0 Å². The van der Waals surface area contributed by atoms with Gasteiger partial charge in [-0.15, -0.1) is 12.4 Å². The molecule has 16 heavy (non-hydrogen) atoms. The minimum absolute atomic E-state index is 0. The van der Waals surface area contributed by atoms with Crippen LogP contribution in [0.2, 0.25) is 0 Å². The molecular formula is C12H13BrClNS. The maximum Gasteiger partial charge on any atom is 0.0571 e. The van der Waals surface area contributed by atoms with Crippen LogP contribution in [-0.4, -0.2) is 0 Å². The molecule has 0 bridgehead atoms. The van der Waals surface area contributed by atoms with Crippen LogP contribution >= 0.6 is 39.7 Å². The molecule has 0 radical (unpaired) electrons. The Morgan fingerprint density at radius 3 is 2.62 bits per heavy atom. The Kier molecular flexibility index (Phi) is 4.99. The monoisotopic (exact) mass is 317 g/mol. The van der Waals surface area contributed by atoms with Crippen LogP contribution in [0.4, 0.5) is 0 Å². The van der Waals surface area contributed by atoms with E-state index >= 15 is 0 Å².